The highest BCUT2D eigenvalue weighted by Crippen LogP contribution is 2.33. The highest BCUT2D eigenvalue weighted by molar-refractivity contribution is 7.19. The molecule has 1 aromatic carbocycles. The number of benzene rings is 1. The molecule has 1 aromatic heterocycles. The van der Waals surface area contributed by atoms with Crippen LogP contribution in [0.4, 0.5) is 0 Å². The first-order valence-electron chi connectivity index (χ1n) is 5.97. The van der Waals surface area contributed by atoms with Crippen LogP contribution in [-0.2, 0) is 4.74 Å². The largest absolute Gasteiger partial charge is 0.368 e. The number of fused-ring (bicyclic) bond motifs is 1. The zero-order valence-corrected chi connectivity index (χ0v) is 11.0. The summed E-state index contributed by atoms with van der Waals surface area (Å²) in [5.41, 5.74) is 0.0785. The molecule has 1 atom stereocenters. The van der Waals surface area contributed by atoms with E-state index in [4.69, 9.17) is 4.74 Å². The van der Waals surface area contributed by atoms with Gasteiger partial charge in [-0.15, -0.1) is 11.3 Å². The van der Waals surface area contributed by atoms with Crippen LogP contribution in [0, 0.1) is 0 Å². The molecule has 1 aliphatic heterocycles. The van der Waals surface area contributed by atoms with Gasteiger partial charge in [-0.3, -0.25) is 0 Å². The second-order valence-corrected chi connectivity index (χ2v) is 6.28. The van der Waals surface area contributed by atoms with Crippen molar-refractivity contribution >= 4 is 27.5 Å². The normalized spacial score (nSPS) is 23.1. The van der Waals surface area contributed by atoms with Crippen LogP contribution in [0.25, 0.3) is 16.2 Å². The van der Waals surface area contributed by atoms with E-state index in [0.717, 1.165) is 6.42 Å². The van der Waals surface area contributed by atoms with Crippen molar-refractivity contribution < 1.29 is 4.74 Å². The van der Waals surface area contributed by atoms with E-state index in [0.29, 0.717) is 6.10 Å². The second kappa shape index (κ2) is 3.97. The summed E-state index contributed by atoms with van der Waals surface area (Å²) in [6.07, 6.45) is 5.78. The van der Waals surface area contributed by atoms with Crippen molar-refractivity contribution in [3.8, 4) is 0 Å². The molecule has 1 saturated heterocycles. The van der Waals surface area contributed by atoms with E-state index in [9.17, 15) is 0 Å². The lowest BCUT2D eigenvalue weighted by molar-refractivity contribution is -0.161. The van der Waals surface area contributed by atoms with Gasteiger partial charge in [0.25, 0.3) is 0 Å². The molecule has 0 amide bonds. The zero-order valence-electron chi connectivity index (χ0n) is 10.1. The summed E-state index contributed by atoms with van der Waals surface area (Å²) in [4.78, 5) is 1.31. The molecule has 1 fully saturated rings. The Morgan fingerprint density at radius 1 is 1.35 bits per heavy atom. The van der Waals surface area contributed by atoms with Crippen LogP contribution in [-0.4, -0.2) is 11.7 Å². The number of thiophene rings is 1. The van der Waals surface area contributed by atoms with Gasteiger partial charge in [-0.1, -0.05) is 24.3 Å². The van der Waals surface area contributed by atoms with E-state index in [-0.39, 0.29) is 5.60 Å². The Morgan fingerprint density at radius 3 is 2.82 bits per heavy atom. The molecule has 1 unspecified atom stereocenters. The zero-order chi connectivity index (χ0) is 11.9. The Kier molecular flexibility index (Phi) is 2.57. The van der Waals surface area contributed by atoms with E-state index >= 15 is 0 Å². The minimum atomic E-state index is 0.0785. The van der Waals surface area contributed by atoms with Crippen LogP contribution in [0.15, 0.2) is 36.4 Å². The smallest absolute Gasteiger partial charge is 0.0793 e. The van der Waals surface area contributed by atoms with Gasteiger partial charge in [0.1, 0.15) is 0 Å². The first kappa shape index (κ1) is 11.0. The third-order valence-corrected chi connectivity index (χ3v) is 4.16. The minimum absolute atomic E-state index is 0.0785. The molecule has 0 radical (unpaired) electrons. The molecule has 3 rings (SSSR count). The fourth-order valence-electron chi connectivity index (χ4n) is 2.28. The molecule has 0 N–H and O–H groups in total. The fourth-order valence-corrected chi connectivity index (χ4v) is 3.26. The van der Waals surface area contributed by atoms with Crippen LogP contribution in [0.3, 0.4) is 0 Å². The van der Waals surface area contributed by atoms with Crippen molar-refractivity contribution in [2.75, 3.05) is 0 Å². The molecule has 1 aliphatic rings. The molecule has 88 valence electrons. The lowest BCUT2D eigenvalue weighted by Crippen LogP contribution is -2.44. The van der Waals surface area contributed by atoms with Crippen molar-refractivity contribution in [3.05, 3.63) is 41.3 Å². The molecule has 2 heterocycles. The van der Waals surface area contributed by atoms with Gasteiger partial charge in [0.05, 0.1) is 11.7 Å². The summed E-state index contributed by atoms with van der Waals surface area (Å²) in [5.74, 6) is 0. The molecule has 0 bridgehead atoms. The van der Waals surface area contributed by atoms with Gasteiger partial charge in [-0.2, -0.15) is 0 Å². The first-order chi connectivity index (χ1) is 8.12. The van der Waals surface area contributed by atoms with Crippen molar-refractivity contribution in [2.45, 2.75) is 32.0 Å². The quantitative estimate of drug-likeness (QED) is 0.756. The van der Waals surface area contributed by atoms with Crippen molar-refractivity contribution in [3.63, 3.8) is 0 Å². The maximum Gasteiger partial charge on any atom is 0.0793 e. The van der Waals surface area contributed by atoms with E-state index in [2.05, 4.69) is 56.3 Å². The van der Waals surface area contributed by atoms with Crippen molar-refractivity contribution in [2.24, 2.45) is 0 Å². The summed E-state index contributed by atoms with van der Waals surface area (Å²) < 4.78 is 7.09. The molecule has 2 heteroatoms. The monoisotopic (exact) mass is 244 g/mol. The predicted octanol–water partition coefficient (Wildman–Crippen LogP) is 4.48. The highest BCUT2D eigenvalue weighted by Gasteiger charge is 2.35. The SMILES string of the molecule is CC1(C)CC(C=Cc2cc3ccccc3s2)O1. The molecular weight excluding hydrogens is 228 g/mol. The van der Waals surface area contributed by atoms with Gasteiger partial charge in [0, 0.05) is 16.0 Å². The van der Waals surface area contributed by atoms with Gasteiger partial charge in [0.15, 0.2) is 0 Å². The van der Waals surface area contributed by atoms with Gasteiger partial charge in [0.2, 0.25) is 0 Å². The summed E-state index contributed by atoms with van der Waals surface area (Å²) in [7, 11) is 0. The molecular formula is C15H16OS. The molecule has 2 aromatic rings. The van der Waals surface area contributed by atoms with Crippen LogP contribution < -0.4 is 0 Å². The van der Waals surface area contributed by atoms with Gasteiger partial charge in [-0.25, -0.2) is 0 Å². The van der Waals surface area contributed by atoms with Crippen molar-refractivity contribution in [1.29, 1.82) is 0 Å². The Hall–Kier alpha value is -1.12. The van der Waals surface area contributed by atoms with Crippen LogP contribution >= 0.6 is 11.3 Å². The topological polar surface area (TPSA) is 9.23 Å². The molecule has 0 aliphatic carbocycles. The van der Waals surface area contributed by atoms with Crippen LogP contribution in [0.2, 0.25) is 0 Å². The predicted molar refractivity (Wildman–Crippen MR) is 74.4 cm³/mol. The Bertz CT molecular complexity index is 524. The van der Waals surface area contributed by atoms with Crippen molar-refractivity contribution in [1.82, 2.24) is 0 Å². The average Bonchev–Trinajstić information content (AvgIpc) is 2.65. The number of ether oxygens (including phenoxy) is 1. The third-order valence-electron chi connectivity index (χ3n) is 3.08. The Labute approximate surface area is 106 Å². The number of hydrogen-bond acceptors (Lipinski definition) is 2. The lowest BCUT2D eigenvalue weighted by atomic mass is 9.93. The van der Waals surface area contributed by atoms with Gasteiger partial charge >= 0.3 is 0 Å². The van der Waals surface area contributed by atoms with E-state index < -0.39 is 0 Å². The van der Waals surface area contributed by atoms with E-state index in [1.165, 1.54) is 15.0 Å². The number of rotatable bonds is 2. The highest BCUT2D eigenvalue weighted by atomic mass is 32.1. The standard InChI is InChI=1S/C15H16OS/c1-15(2)10-12(16-15)7-8-13-9-11-5-3-4-6-14(11)17-13/h3-9,12H,10H2,1-2H3. The van der Waals surface area contributed by atoms with Crippen LogP contribution in [0.1, 0.15) is 25.1 Å². The summed E-state index contributed by atoms with van der Waals surface area (Å²) in [5, 5.41) is 1.33. The van der Waals surface area contributed by atoms with Gasteiger partial charge in [-0.05, 0) is 37.4 Å². The van der Waals surface area contributed by atoms with E-state index in [1.54, 1.807) is 0 Å². The first-order valence-corrected chi connectivity index (χ1v) is 6.79. The average molecular weight is 244 g/mol. The molecule has 1 nitrogen and oxygen atoms in total. The molecule has 0 saturated carbocycles. The second-order valence-electron chi connectivity index (χ2n) is 5.17. The summed E-state index contributed by atoms with van der Waals surface area (Å²) in [6.45, 7) is 4.27. The maximum atomic E-state index is 5.74. The Morgan fingerprint density at radius 2 is 2.12 bits per heavy atom. The molecule has 0 spiro atoms. The summed E-state index contributed by atoms with van der Waals surface area (Å²) >= 11 is 1.83. The lowest BCUT2D eigenvalue weighted by Gasteiger charge is -2.41. The third kappa shape index (κ3) is 2.28. The summed E-state index contributed by atoms with van der Waals surface area (Å²) in [6, 6.07) is 10.7. The van der Waals surface area contributed by atoms with Gasteiger partial charge < -0.3 is 4.74 Å². The fraction of sp³-hybridized carbons (Fsp3) is 0.333. The Balaban J connectivity index is 1.75. The number of hydrogen-bond donors (Lipinski definition) is 0. The minimum Gasteiger partial charge on any atom is -0.368 e. The molecule has 17 heavy (non-hydrogen) atoms. The van der Waals surface area contributed by atoms with E-state index in [1.807, 2.05) is 11.3 Å². The van der Waals surface area contributed by atoms with Crippen LogP contribution in [0.5, 0.6) is 0 Å². The maximum absolute atomic E-state index is 5.74.